The molecule has 0 unspecified atom stereocenters. The fourth-order valence-electron chi connectivity index (χ4n) is 1.81. The van der Waals surface area contributed by atoms with Crippen LogP contribution in [0.4, 0.5) is 5.88 Å². The van der Waals surface area contributed by atoms with E-state index < -0.39 is 0 Å². The van der Waals surface area contributed by atoms with Gasteiger partial charge in [-0.1, -0.05) is 31.1 Å². The molecule has 0 amide bonds. The van der Waals surface area contributed by atoms with Gasteiger partial charge in [-0.25, -0.2) is 0 Å². The molecule has 3 heteroatoms. The topological polar surface area (TPSA) is 52.0 Å². The van der Waals surface area contributed by atoms with Gasteiger partial charge in [0, 0.05) is 11.6 Å². The Morgan fingerprint density at radius 3 is 2.56 bits per heavy atom. The standard InChI is InChI=1S/C13H16N2O/c1-3-9-5-6-10(4-2)11(7-9)12-8-13(14)16-15-12/h5-8H,3-4,14H2,1-2H3. The Hall–Kier alpha value is -1.77. The number of hydrogen-bond donors (Lipinski definition) is 1. The zero-order valence-corrected chi connectivity index (χ0v) is 9.66. The minimum atomic E-state index is 0.360. The lowest BCUT2D eigenvalue weighted by molar-refractivity contribution is 0.439. The lowest BCUT2D eigenvalue weighted by Gasteiger charge is -2.06. The normalized spacial score (nSPS) is 10.6. The molecule has 1 heterocycles. The molecule has 2 aromatic rings. The number of benzene rings is 1. The van der Waals surface area contributed by atoms with E-state index in [1.54, 1.807) is 6.07 Å². The van der Waals surface area contributed by atoms with Crippen molar-refractivity contribution in [1.82, 2.24) is 5.16 Å². The summed E-state index contributed by atoms with van der Waals surface area (Å²) in [6.07, 6.45) is 2.00. The van der Waals surface area contributed by atoms with E-state index in [1.807, 2.05) is 0 Å². The SMILES string of the molecule is CCc1ccc(CC)c(-c2cc(N)on2)c1. The van der Waals surface area contributed by atoms with Gasteiger partial charge >= 0.3 is 0 Å². The number of aryl methyl sites for hydroxylation is 2. The summed E-state index contributed by atoms with van der Waals surface area (Å²) in [4.78, 5) is 0. The lowest BCUT2D eigenvalue weighted by atomic mass is 9.98. The van der Waals surface area contributed by atoms with Crippen LogP contribution in [-0.2, 0) is 12.8 Å². The first kappa shape index (κ1) is 10.7. The van der Waals surface area contributed by atoms with Crippen LogP contribution in [0.5, 0.6) is 0 Å². The Kier molecular flexibility index (Phi) is 2.95. The number of anilines is 1. The third-order valence-electron chi connectivity index (χ3n) is 2.77. The summed E-state index contributed by atoms with van der Waals surface area (Å²) < 4.78 is 4.92. The molecule has 0 fully saturated rings. The maximum atomic E-state index is 5.55. The van der Waals surface area contributed by atoms with Gasteiger partial charge in [-0.05, 0) is 30.0 Å². The highest BCUT2D eigenvalue weighted by Gasteiger charge is 2.09. The van der Waals surface area contributed by atoms with Gasteiger partial charge in [-0.2, -0.15) is 0 Å². The van der Waals surface area contributed by atoms with Crippen molar-refractivity contribution in [2.24, 2.45) is 0 Å². The highest BCUT2D eigenvalue weighted by Crippen LogP contribution is 2.26. The number of nitrogens with zero attached hydrogens (tertiary/aromatic N) is 1. The molecule has 0 aliphatic rings. The van der Waals surface area contributed by atoms with Crippen LogP contribution < -0.4 is 5.73 Å². The maximum absolute atomic E-state index is 5.55. The molecule has 0 saturated heterocycles. The highest BCUT2D eigenvalue weighted by molar-refractivity contribution is 5.66. The van der Waals surface area contributed by atoms with Crippen molar-refractivity contribution < 1.29 is 4.52 Å². The van der Waals surface area contributed by atoms with Crippen molar-refractivity contribution in [1.29, 1.82) is 0 Å². The Morgan fingerprint density at radius 1 is 1.19 bits per heavy atom. The molecule has 3 nitrogen and oxygen atoms in total. The second-order valence-electron chi connectivity index (χ2n) is 3.81. The quantitative estimate of drug-likeness (QED) is 0.857. The Labute approximate surface area is 95.3 Å². The first-order chi connectivity index (χ1) is 7.74. The first-order valence-corrected chi connectivity index (χ1v) is 5.59. The van der Waals surface area contributed by atoms with E-state index in [-0.39, 0.29) is 0 Å². The summed E-state index contributed by atoms with van der Waals surface area (Å²) in [5.41, 5.74) is 10.1. The van der Waals surface area contributed by atoms with E-state index in [1.165, 1.54) is 11.1 Å². The van der Waals surface area contributed by atoms with Gasteiger partial charge < -0.3 is 10.3 Å². The molecule has 0 saturated carbocycles. The highest BCUT2D eigenvalue weighted by atomic mass is 16.5. The molecule has 0 aliphatic carbocycles. The van der Waals surface area contributed by atoms with E-state index in [4.69, 9.17) is 10.3 Å². The molecule has 0 radical (unpaired) electrons. The van der Waals surface area contributed by atoms with Crippen LogP contribution in [0.15, 0.2) is 28.8 Å². The largest absolute Gasteiger partial charge is 0.368 e. The summed E-state index contributed by atoms with van der Waals surface area (Å²) in [6.45, 7) is 4.27. The molecule has 2 N–H and O–H groups in total. The van der Waals surface area contributed by atoms with Gasteiger partial charge in [0.1, 0.15) is 5.69 Å². The molecule has 1 aromatic carbocycles. The number of nitrogens with two attached hydrogens (primary N) is 1. The van der Waals surface area contributed by atoms with Gasteiger partial charge in [0.05, 0.1) is 0 Å². The van der Waals surface area contributed by atoms with Crippen LogP contribution in [0, 0.1) is 0 Å². The monoisotopic (exact) mass is 216 g/mol. The van der Waals surface area contributed by atoms with Crippen LogP contribution in [0.2, 0.25) is 0 Å². The Bertz CT molecular complexity index is 488. The first-order valence-electron chi connectivity index (χ1n) is 5.59. The van der Waals surface area contributed by atoms with E-state index in [0.29, 0.717) is 5.88 Å². The molecule has 0 aliphatic heterocycles. The van der Waals surface area contributed by atoms with Gasteiger partial charge in [0.15, 0.2) is 0 Å². The van der Waals surface area contributed by atoms with Crippen LogP contribution in [0.3, 0.4) is 0 Å². The Morgan fingerprint density at radius 2 is 2.00 bits per heavy atom. The molecule has 84 valence electrons. The zero-order valence-electron chi connectivity index (χ0n) is 9.66. The molecular formula is C13H16N2O. The zero-order chi connectivity index (χ0) is 11.5. The molecular weight excluding hydrogens is 200 g/mol. The summed E-state index contributed by atoms with van der Waals surface area (Å²) in [5.74, 6) is 0.360. The molecule has 1 aromatic heterocycles. The lowest BCUT2D eigenvalue weighted by Crippen LogP contribution is -1.90. The molecule has 16 heavy (non-hydrogen) atoms. The molecule has 0 atom stereocenters. The van der Waals surface area contributed by atoms with Crippen molar-refractivity contribution >= 4 is 5.88 Å². The summed E-state index contributed by atoms with van der Waals surface area (Å²) in [5, 5.41) is 3.97. The average Bonchev–Trinajstić information content (AvgIpc) is 2.75. The van der Waals surface area contributed by atoms with Gasteiger partial charge in [0.25, 0.3) is 0 Å². The number of nitrogen functional groups attached to an aromatic ring is 1. The van der Waals surface area contributed by atoms with Crippen molar-refractivity contribution in [2.75, 3.05) is 5.73 Å². The smallest absolute Gasteiger partial charge is 0.222 e. The minimum absolute atomic E-state index is 0.360. The van der Waals surface area contributed by atoms with E-state index in [2.05, 4.69) is 37.2 Å². The third kappa shape index (κ3) is 1.94. The summed E-state index contributed by atoms with van der Waals surface area (Å²) in [7, 11) is 0. The van der Waals surface area contributed by atoms with Crippen molar-refractivity contribution in [3.63, 3.8) is 0 Å². The second kappa shape index (κ2) is 4.39. The van der Waals surface area contributed by atoms with Gasteiger partial charge in [-0.15, -0.1) is 0 Å². The predicted molar refractivity (Wildman–Crippen MR) is 65.1 cm³/mol. The number of rotatable bonds is 3. The van der Waals surface area contributed by atoms with Crippen LogP contribution >= 0.6 is 0 Å². The Balaban J connectivity index is 2.52. The second-order valence-corrected chi connectivity index (χ2v) is 3.81. The maximum Gasteiger partial charge on any atom is 0.222 e. The van der Waals surface area contributed by atoms with Crippen LogP contribution in [0.25, 0.3) is 11.3 Å². The van der Waals surface area contributed by atoms with Gasteiger partial charge in [-0.3, -0.25) is 0 Å². The van der Waals surface area contributed by atoms with Crippen molar-refractivity contribution in [3.05, 3.63) is 35.4 Å². The van der Waals surface area contributed by atoms with Gasteiger partial charge in [0.2, 0.25) is 5.88 Å². The molecule has 0 bridgehead atoms. The fraction of sp³-hybridized carbons (Fsp3) is 0.308. The summed E-state index contributed by atoms with van der Waals surface area (Å²) >= 11 is 0. The van der Waals surface area contributed by atoms with Crippen LogP contribution in [-0.4, -0.2) is 5.16 Å². The van der Waals surface area contributed by atoms with Crippen molar-refractivity contribution in [2.45, 2.75) is 26.7 Å². The van der Waals surface area contributed by atoms with E-state index in [0.717, 1.165) is 24.1 Å². The molecule has 0 spiro atoms. The van der Waals surface area contributed by atoms with E-state index in [9.17, 15) is 0 Å². The third-order valence-corrected chi connectivity index (χ3v) is 2.77. The van der Waals surface area contributed by atoms with E-state index >= 15 is 0 Å². The van der Waals surface area contributed by atoms with Crippen molar-refractivity contribution in [3.8, 4) is 11.3 Å². The summed E-state index contributed by atoms with van der Waals surface area (Å²) in [6, 6.07) is 8.24. The average molecular weight is 216 g/mol. The fourth-order valence-corrected chi connectivity index (χ4v) is 1.81. The number of hydrogen-bond acceptors (Lipinski definition) is 3. The number of aromatic nitrogens is 1. The minimum Gasteiger partial charge on any atom is -0.368 e. The predicted octanol–water partition coefficient (Wildman–Crippen LogP) is 3.05. The van der Waals surface area contributed by atoms with Crippen LogP contribution in [0.1, 0.15) is 25.0 Å². The molecule has 2 rings (SSSR count).